The molecule has 48 valence electrons. The summed E-state index contributed by atoms with van der Waals surface area (Å²) < 4.78 is 0. The molecule has 0 saturated heterocycles. The maximum absolute atomic E-state index is 5.18. The zero-order valence-corrected chi connectivity index (χ0v) is 5.13. The fourth-order valence-electron chi connectivity index (χ4n) is 0.222. The molecule has 1 rings (SSSR count). The topological polar surface area (TPSA) is 38.9 Å². The quantitative estimate of drug-likeness (QED) is 0.616. The summed E-state index contributed by atoms with van der Waals surface area (Å²) in [5, 5.41) is 1.79. The minimum absolute atomic E-state index is 0. The zero-order valence-electron chi connectivity index (χ0n) is 3.50. The van der Waals surface area contributed by atoms with Crippen molar-refractivity contribution in [1.82, 2.24) is 4.98 Å². The highest BCUT2D eigenvalue weighted by molar-refractivity contribution is 7.07. The molecule has 2 N–H and O–H groups in total. The van der Waals surface area contributed by atoms with Crippen LogP contribution in [0.5, 0.6) is 0 Å². The van der Waals surface area contributed by atoms with Gasteiger partial charge in [-0.2, -0.15) is 0 Å². The summed E-state index contributed by atoms with van der Waals surface area (Å²) in [7, 11) is 0. The lowest BCUT2D eigenvalue weighted by Crippen LogP contribution is -1.79. The molecule has 0 unspecified atom stereocenters. The van der Waals surface area contributed by atoms with E-state index in [0.717, 1.165) is 0 Å². The fourth-order valence-corrected chi connectivity index (χ4v) is 0.666. The number of hydrogen-bond acceptors (Lipinski definition) is 3. The Morgan fingerprint density at radius 1 is 1.62 bits per heavy atom. The summed E-state index contributed by atoms with van der Waals surface area (Å²) in [6.07, 6.45) is 0. The van der Waals surface area contributed by atoms with Crippen LogP contribution in [-0.2, 0) is 0 Å². The summed E-state index contributed by atoms with van der Waals surface area (Å²) in [4.78, 5) is 3.71. The van der Waals surface area contributed by atoms with Gasteiger partial charge in [0, 0.05) is 5.38 Å². The standard InChI is InChI=1S/C3H4N2S.CH4.ClH/c4-3-1-6-2-5-3;;/h1-2H,4H2;1H4;1H. The van der Waals surface area contributed by atoms with E-state index in [4.69, 9.17) is 5.73 Å². The Hall–Kier alpha value is -0.280. The molecule has 1 heterocycles. The highest BCUT2D eigenvalue weighted by Crippen LogP contribution is 1.99. The van der Waals surface area contributed by atoms with Crippen LogP contribution in [0.15, 0.2) is 10.9 Å². The van der Waals surface area contributed by atoms with Crippen molar-refractivity contribution in [2.75, 3.05) is 5.73 Å². The first-order valence-corrected chi connectivity index (χ1v) is 2.47. The lowest BCUT2D eigenvalue weighted by molar-refractivity contribution is 1.43. The Bertz CT molecular complexity index is 118. The van der Waals surface area contributed by atoms with Crippen LogP contribution in [0.2, 0.25) is 0 Å². The Labute approximate surface area is 59.2 Å². The van der Waals surface area contributed by atoms with Crippen LogP contribution in [0, 0.1) is 0 Å². The van der Waals surface area contributed by atoms with Crippen LogP contribution in [0.1, 0.15) is 7.43 Å². The van der Waals surface area contributed by atoms with E-state index in [2.05, 4.69) is 4.98 Å². The lowest BCUT2D eigenvalue weighted by Gasteiger charge is -1.67. The predicted octanol–water partition coefficient (Wildman–Crippen LogP) is 1.78. The fraction of sp³-hybridized carbons (Fsp3) is 0.250. The molecule has 0 bridgehead atoms. The van der Waals surface area contributed by atoms with Gasteiger partial charge in [0.05, 0.1) is 5.51 Å². The largest absolute Gasteiger partial charge is 0.383 e. The molecular formula is C4H9ClN2S. The lowest BCUT2D eigenvalue weighted by atomic mass is 10.9. The molecule has 0 aliphatic rings. The van der Waals surface area contributed by atoms with Gasteiger partial charge in [0.2, 0.25) is 0 Å². The van der Waals surface area contributed by atoms with E-state index in [1.807, 2.05) is 0 Å². The Morgan fingerprint density at radius 2 is 2.25 bits per heavy atom. The molecule has 0 fully saturated rings. The van der Waals surface area contributed by atoms with Gasteiger partial charge in [-0.15, -0.1) is 23.7 Å². The number of rotatable bonds is 0. The molecule has 0 radical (unpaired) electrons. The molecule has 4 heteroatoms. The van der Waals surface area contributed by atoms with E-state index in [-0.39, 0.29) is 19.8 Å². The molecule has 1 aromatic heterocycles. The molecule has 1 aromatic rings. The van der Waals surface area contributed by atoms with E-state index in [9.17, 15) is 0 Å². The summed E-state index contributed by atoms with van der Waals surface area (Å²) >= 11 is 1.50. The van der Waals surface area contributed by atoms with Crippen molar-refractivity contribution in [2.24, 2.45) is 0 Å². The van der Waals surface area contributed by atoms with Crippen LogP contribution >= 0.6 is 23.7 Å². The first kappa shape index (κ1) is 10.7. The number of nitrogen functional groups attached to an aromatic ring is 1. The smallest absolute Gasteiger partial charge is 0.134 e. The Kier molecular flexibility index (Phi) is 6.48. The van der Waals surface area contributed by atoms with Crippen molar-refractivity contribution in [3.05, 3.63) is 10.9 Å². The number of halogens is 1. The van der Waals surface area contributed by atoms with Crippen molar-refractivity contribution < 1.29 is 0 Å². The van der Waals surface area contributed by atoms with Gasteiger partial charge < -0.3 is 5.73 Å². The second-order valence-electron chi connectivity index (χ2n) is 0.913. The van der Waals surface area contributed by atoms with Crippen molar-refractivity contribution in [2.45, 2.75) is 7.43 Å². The predicted molar refractivity (Wildman–Crippen MR) is 40.5 cm³/mol. The van der Waals surface area contributed by atoms with Gasteiger partial charge >= 0.3 is 0 Å². The van der Waals surface area contributed by atoms with E-state index in [0.29, 0.717) is 5.82 Å². The SMILES string of the molecule is C.Cl.Nc1cscn1. The van der Waals surface area contributed by atoms with E-state index in [1.165, 1.54) is 11.3 Å². The molecule has 0 aromatic carbocycles. The van der Waals surface area contributed by atoms with Gasteiger partial charge in [0.25, 0.3) is 0 Å². The third-order valence-corrected chi connectivity index (χ3v) is 1.06. The van der Waals surface area contributed by atoms with Crippen molar-refractivity contribution in [1.29, 1.82) is 0 Å². The molecule has 0 aliphatic carbocycles. The molecule has 2 nitrogen and oxygen atoms in total. The summed E-state index contributed by atoms with van der Waals surface area (Å²) in [6, 6.07) is 0. The van der Waals surface area contributed by atoms with E-state index in [1.54, 1.807) is 10.9 Å². The first-order chi connectivity index (χ1) is 2.89. The van der Waals surface area contributed by atoms with Crippen LogP contribution < -0.4 is 5.73 Å². The Balaban J connectivity index is 0. The van der Waals surface area contributed by atoms with E-state index >= 15 is 0 Å². The Morgan fingerprint density at radius 3 is 2.38 bits per heavy atom. The first-order valence-electron chi connectivity index (χ1n) is 1.53. The summed E-state index contributed by atoms with van der Waals surface area (Å²) in [5.74, 6) is 0.611. The van der Waals surface area contributed by atoms with Crippen molar-refractivity contribution in [3.8, 4) is 0 Å². The highest BCUT2D eigenvalue weighted by Gasteiger charge is 1.76. The average molecular weight is 153 g/mol. The van der Waals surface area contributed by atoms with Crippen LogP contribution in [0.3, 0.4) is 0 Å². The number of nitrogens with two attached hydrogens (primary N) is 1. The van der Waals surface area contributed by atoms with Crippen LogP contribution in [0.25, 0.3) is 0 Å². The van der Waals surface area contributed by atoms with Crippen molar-refractivity contribution >= 4 is 29.6 Å². The van der Waals surface area contributed by atoms with Gasteiger partial charge in [-0.1, -0.05) is 7.43 Å². The monoisotopic (exact) mass is 152 g/mol. The molecular weight excluding hydrogens is 144 g/mol. The minimum Gasteiger partial charge on any atom is -0.383 e. The number of hydrogen-bond donors (Lipinski definition) is 1. The van der Waals surface area contributed by atoms with Crippen LogP contribution in [-0.4, -0.2) is 4.98 Å². The number of aromatic nitrogens is 1. The second kappa shape index (κ2) is 4.87. The normalized spacial score (nSPS) is 6.50. The molecule has 0 aliphatic heterocycles. The maximum atomic E-state index is 5.18. The molecule has 0 atom stereocenters. The van der Waals surface area contributed by atoms with Gasteiger partial charge in [0.15, 0.2) is 0 Å². The molecule has 0 amide bonds. The highest BCUT2D eigenvalue weighted by atomic mass is 35.5. The maximum Gasteiger partial charge on any atom is 0.134 e. The second-order valence-corrected chi connectivity index (χ2v) is 1.63. The number of nitrogens with zero attached hydrogens (tertiary/aromatic N) is 1. The number of thiazole rings is 1. The zero-order chi connectivity index (χ0) is 4.41. The summed E-state index contributed by atoms with van der Waals surface area (Å²) in [6.45, 7) is 0. The van der Waals surface area contributed by atoms with Crippen LogP contribution in [0.4, 0.5) is 5.82 Å². The third-order valence-electron chi connectivity index (χ3n) is 0.451. The van der Waals surface area contributed by atoms with Crippen molar-refractivity contribution in [3.63, 3.8) is 0 Å². The molecule has 8 heavy (non-hydrogen) atoms. The summed E-state index contributed by atoms with van der Waals surface area (Å²) in [5.41, 5.74) is 6.88. The van der Waals surface area contributed by atoms with Gasteiger partial charge in [-0.25, -0.2) is 4.98 Å². The molecule has 0 saturated carbocycles. The minimum atomic E-state index is 0. The molecule has 0 spiro atoms. The van der Waals surface area contributed by atoms with E-state index < -0.39 is 0 Å². The van der Waals surface area contributed by atoms with Gasteiger partial charge in [0.1, 0.15) is 5.82 Å². The number of anilines is 1. The average Bonchev–Trinajstić information content (AvgIpc) is 1.86. The third kappa shape index (κ3) is 2.82. The van der Waals surface area contributed by atoms with Gasteiger partial charge in [-0.05, 0) is 0 Å². The van der Waals surface area contributed by atoms with Gasteiger partial charge in [-0.3, -0.25) is 0 Å².